The molecule has 1 rings (SSSR count). The van der Waals surface area contributed by atoms with Gasteiger partial charge in [-0.15, -0.1) is 0 Å². The lowest BCUT2D eigenvalue weighted by Gasteiger charge is -2.18. The van der Waals surface area contributed by atoms with Crippen molar-refractivity contribution in [2.24, 2.45) is 0 Å². The smallest absolute Gasteiger partial charge is 0.242 e. The van der Waals surface area contributed by atoms with Gasteiger partial charge in [0.2, 0.25) is 5.91 Å². The van der Waals surface area contributed by atoms with Crippen LogP contribution in [0.3, 0.4) is 0 Å². The molecule has 5 heteroatoms. The maximum Gasteiger partial charge on any atom is 0.242 e. The Morgan fingerprint density at radius 3 is 2.33 bits per heavy atom. The minimum atomic E-state index is -0.274. The summed E-state index contributed by atoms with van der Waals surface area (Å²) in [5, 5.41) is 9.44. The van der Waals surface area contributed by atoms with E-state index in [-0.39, 0.29) is 18.0 Å². The molecule has 0 radical (unpaired) electrons. The number of nitrogens with one attached hydrogen (secondary N) is 3. The van der Waals surface area contributed by atoms with Crippen LogP contribution in [0.1, 0.15) is 33.6 Å². The lowest BCUT2D eigenvalue weighted by atomic mass is 10.3. The van der Waals surface area contributed by atoms with Gasteiger partial charge in [-0.1, -0.05) is 0 Å². The Balaban J connectivity index is 2.23. The highest BCUT2D eigenvalue weighted by atomic mass is 32.1. The van der Waals surface area contributed by atoms with Crippen LogP contribution in [0, 0.1) is 0 Å². The third-order valence-corrected chi connectivity index (χ3v) is 2.32. The van der Waals surface area contributed by atoms with Crippen LogP contribution in [-0.4, -0.2) is 29.1 Å². The first-order valence-corrected chi connectivity index (χ1v) is 5.77. The van der Waals surface area contributed by atoms with Crippen LogP contribution in [0.5, 0.6) is 0 Å². The molecule has 1 atom stereocenters. The molecule has 15 heavy (non-hydrogen) atoms. The number of carbonyl (C=O) groups excluding carboxylic acids is 1. The topological polar surface area (TPSA) is 53.2 Å². The predicted molar refractivity (Wildman–Crippen MR) is 64.6 cm³/mol. The zero-order valence-electron chi connectivity index (χ0n) is 9.46. The quantitative estimate of drug-likeness (QED) is 0.615. The van der Waals surface area contributed by atoms with E-state index in [2.05, 4.69) is 16.0 Å². The van der Waals surface area contributed by atoms with E-state index in [0.29, 0.717) is 11.2 Å². The van der Waals surface area contributed by atoms with Gasteiger partial charge in [0, 0.05) is 12.1 Å². The van der Waals surface area contributed by atoms with Crippen molar-refractivity contribution in [3.8, 4) is 0 Å². The average Bonchev–Trinajstić information content (AvgIpc) is 2.86. The molecule has 1 saturated carbocycles. The minimum absolute atomic E-state index is 0.0189. The lowest BCUT2D eigenvalue weighted by molar-refractivity contribution is -0.122. The van der Waals surface area contributed by atoms with Crippen molar-refractivity contribution in [1.82, 2.24) is 16.0 Å². The Labute approximate surface area is 96.2 Å². The van der Waals surface area contributed by atoms with Crippen LogP contribution in [0.25, 0.3) is 0 Å². The molecule has 0 aromatic rings. The number of hydrogen-bond acceptors (Lipinski definition) is 2. The summed E-state index contributed by atoms with van der Waals surface area (Å²) in [4.78, 5) is 11.6. The first-order chi connectivity index (χ1) is 6.99. The van der Waals surface area contributed by atoms with Crippen molar-refractivity contribution in [2.75, 3.05) is 0 Å². The van der Waals surface area contributed by atoms with Gasteiger partial charge in [-0.25, -0.2) is 0 Å². The van der Waals surface area contributed by atoms with Crippen LogP contribution in [0.2, 0.25) is 0 Å². The van der Waals surface area contributed by atoms with Crippen molar-refractivity contribution >= 4 is 23.2 Å². The van der Waals surface area contributed by atoms with Crippen molar-refractivity contribution in [2.45, 2.75) is 51.7 Å². The minimum Gasteiger partial charge on any atom is -0.361 e. The number of amides is 1. The highest BCUT2D eigenvalue weighted by molar-refractivity contribution is 7.80. The number of hydrogen-bond donors (Lipinski definition) is 3. The zero-order valence-corrected chi connectivity index (χ0v) is 10.3. The number of carbonyl (C=O) groups is 1. The van der Waals surface area contributed by atoms with Crippen LogP contribution < -0.4 is 16.0 Å². The number of thiocarbonyl (C=S) groups is 1. The normalized spacial score (nSPS) is 17.1. The van der Waals surface area contributed by atoms with E-state index < -0.39 is 0 Å². The van der Waals surface area contributed by atoms with Crippen LogP contribution >= 0.6 is 12.2 Å². The average molecular weight is 229 g/mol. The summed E-state index contributed by atoms with van der Waals surface area (Å²) in [6.45, 7) is 5.82. The van der Waals surface area contributed by atoms with Gasteiger partial charge >= 0.3 is 0 Å². The number of rotatable bonds is 4. The third kappa shape index (κ3) is 4.97. The molecule has 0 bridgehead atoms. The van der Waals surface area contributed by atoms with Crippen molar-refractivity contribution in [3.05, 3.63) is 0 Å². The highest BCUT2D eigenvalue weighted by Crippen LogP contribution is 2.18. The summed E-state index contributed by atoms with van der Waals surface area (Å²) in [6, 6.07) is 0.404. The molecule has 0 heterocycles. The maximum atomic E-state index is 11.6. The summed E-state index contributed by atoms with van der Waals surface area (Å²) in [6.07, 6.45) is 2.21. The zero-order chi connectivity index (χ0) is 11.4. The molecule has 1 amide bonds. The molecular weight excluding hydrogens is 210 g/mol. The maximum absolute atomic E-state index is 11.6. The predicted octanol–water partition coefficient (Wildman–Crippen LogP) is 0.526. The molecule has 4 nitrogen and oxygen atoms in total. The Bertz CT molecular complexity index is 251. The first-order valence-electron chi connectivity index (χ1n) is 5.36. The van der Waals surface area contributed by atoms with Crippen LogP contribution in [0.4, 0.5) is 0 Å². The second-order valence-corrected chi connectivity index (χ2v) is 4.69. The fourth-order valence-corrected chi connectivity index (χ4v) is 1.53. The van der Waals surface area contributed by atoms with Gasteiger partial charge in [-0.3, -0.25) is 4.79 Å². The monoisotopic (exact) mass is 229 g/mol. The largest absolute Gasteiger partial charge is 0.361 e. The van der Waals surface area contributed by atoms with Gasteiger partial charge in [0.1, 0.15) is 6.04 Å². The fourth-order valence-electron chi connectivity index (χ4n) is 1.12. The molecule has 1 aliphatic carbocycles. The summed E-state index contributed by atoms with van der Waals surface area (Å²) in [5.74, 6) is 0.0189. The van der Waals surface area contributed by atoms with E-state index in [4.69, 9.17) is 12.2 Å². The van der Waals surface area contributed by atoms with E-state index in [1.807, 2.05) is 20.8 Å². The molecule has 0 aromatic carbocycles. The first kappa shape index (κ1) is 12.2. The van der Waals surface area contributed by atoms with Crippen LogP contribution in [0.15, 0.2) is 0 Å². The Morgan fingerprint density at radius 2 is 1.87 bits per heavy atom. The molecule has 0 spiro atoms. The lowest BCUT2D eigenvalue weighted by Crippen LogP contribution is -2.50. The van der Waals surface area contributed by atoms with E-state index >= 15 is 0 Å². The fraction of sp³-hybridized carbons (Fsp3) is 0.800. The van der Waals surface area contributed by atoms with E-state index in [1.165, 1.54) is 0 Å². The molecule has 0 aromatic heterocycles. The molecule has 0 saturated heterocycles. The van der Waals surface area contributed by atoms with E-state index in [1.54, 1.807) is 0 Å². The second-order valence-electron chi connectivity index (χ2n) is 4.28. The van der Waals surface area contributed by atoms with E-state index in [0.717, 1.165) is 12.8 Å². The highest BCUT2D eigenvalue weighted by Gasteiger charge is 2.25. The Hall–Kier alpha value is -0.840. The van der Waals surface area contributed by atoms with Gasteiger partial charge in [0.15, 0.2) is 5.11 Å². The van der Waals surface area contributed by atoms with Gasteiger partial charge in [-0.2, -0.15) is 0 Å². The Kier molecular flexibility index (Phi) is 4.32. The molecule has 1 fully saturated rings. The molecule has 3 N–H and O–H groups in total. The van der Waals surface area contributed by atoms with Crippen molar-refractivity contribution in [1.29, 1.82) is 0 Å². The van der Waals surface area contributed by atoms with Gasteiger partial charge in [0.25, 0.3) is 0 Å². The molecule has 0 aliphatic heterocycles. The standard InChI is InChI=1S/C10H19N3OS/c1-6(2)11-10(15)12-7(3)9(14)13-8-4-5-8/h6-8H,4-5H2,1-3H3,(H,13,14)(H2,11,12,15). The second kappa shape index (κ2) is 5.30. The van der Waals surface area contributed by atoms with Gasteiger partial charge in [0.05, 0.1) is 0 Å². The van der Waals surface area contributed by atoms with E-state index in [9.17, 15) is 4.79 Å². The molecule has 1 aliphatic rings. The third-order valence-electron chi connectivity index (χ3n) is 2.08. The van der Waals surface area contributed by atoms with Crippen molar-refractivity contribution < 1.29 is 4.79 Å². The summed E-state index contributed by atoms with van der Waals surface area (Å²) >= 11 is 5.05. The molecule has 1 unspecified atom stereocenters. The molecular formula is C10H19N3OS. The van der Waals surface area contributed by atoms with Crippen LogP contribution in [-0.2, 0) is 4.79 Å². The SMILES string of the molecule is CC(C)NC(=S)NC(C)C(=O)NC1CC1. The van der Waals surface area contributed by atoms with Crippen molar-refractivity contribution in [3.63, 3.8) is 0 Å². The molecule has 86 valence electrons. The summed E-state index contributed by atoms with van der Waals surface area (Å²) < 4.78 is 0. The Morgan fingerprint density at radius 1 is 1.27 bits per heavy atom. The van der Waals surface area contributed by atoms with Gasteiger partial charge in [-0.05, 0) is 45.8 Å². The van der Waals surface area contributed by atoms with Gasteiger partial charge < -0.3 is 16.0 Å². The summed E-state index contributed by atoms with van der Waals surface area (Å²) in [7, 11) is 0. The summed E-state index contributed by atoms with van der Waals surface area (Å²) in [5.41, 5.74) is 0.